The first-order chi connectivity index (χ1) is 18.0. The van der Waals surface area contributed by atoms with Gasteiger partial charge < -0.3 is 20.3 Å². The number of benzene rings is 2. The van der Waals surface area contributed by atoms with Gasteiger partial charge in [0, 0.05) is 24.3 Å². The number of para-hydroxylation sites is 1. The maximum atomic E-state index is 13.5. The van der Waals surface area contributed by atoms with Gasteiger partial charge in [0.05, 0.1) is 17.4 Å². The number of urea groups is 1. The Morgan fingerprint density at radius 3 is 2.76 bits per heavy atom. The van der Waals surface area contributed by atoms with Crippen LogP contribution in [-0.2, 0) is 4.79 Å². The van der Waals surface area contributed by atoms with Crippen molar-refractivity contribution >= 4 is 35.1 Å². The predicted molar refractivity (Wildman–Crippen MR) is 144 cm³/mol. The van der Waals surface area contributed by atoms with Gasteiger partial charge in [0.1, 0.15) is 21.8 Å². The van der Waals surface area contributed by atoms with Gasteiger partial charge in [-0.15, -0.1) is 0 Å². The van der Waals surface area contributed by atoms with Crippen LogP contribution in [0.15, 0.2) is 65.8 Å². The average Bonchev–Trinajstić information content (AvgIpc) is 3.25. The van der Waals surface area contributed by atoms with Crippen LogP contribution in [-0.4, -0.2) is 53.3 Å². The lowest BCUT2D eigenvalue weighted by atomic mass is 9.98. The fraction of sp³-hybridized carbons (Fsp3) is 0.321. The van der Waals surface area contributed by atoms with Gasteiger partial charge in [-0.1, -0.05) is 30.0 Å². The maximum absolute atomic E-state index is 13.5. The molecule has 1 fully saturated rings. The van der Waals surface area contributed by atoms with Crippen LogP contribution in [0.2, 0.25) is 0 Å². The van der Waals surface area contributed by atoms with Crippen molar-refractivity contribution in [1.82, 2.24) is 20.5 Å². The van der Waals surface area contributed by atoms with Crippen molar-refractivity contribution in [3.8, 4) is 11.5 Å². The van der Waals surface area contributed by atoms with E-state index in [1.165, 1.54) is 11.8 Å². The number of nitrogens with one attached hydrogen (secondary N) is 2. The zero-order valence-electron chi connectivity index (χ0n) is 20.8. The van der Waals surface area contributed by atoms with Crippen molar-refractivity contribution < 1.29 is 14.3 Å². The van der Waals surface area contributed by atoms with E-state index in [-0.39, 0.29) is 18.0 Å². The predicted octanol–water partition coefficient (Wildman–Crippen LogP) is 4.77. The number of aromatic nitrogens is 1. The van der Waals surface area contributed by atoms with Crippen LogP contribution in [0.4, 0.5) is 16.2 Å². The zero-order valence-corrected chi connectivity index (χ0v) is 21.6. The van der Waals surface area contributed by atoms with Crippen LogP contribution in [0.25, 0.3) is 0 Å². The van der Waals surface area contributed by atoms with Gasteiger partial charge >= 0.3 is 6.03 Å². The summed E-state index contributed by atoms with van der Waals surface area (Å²) in [6.45, 7) is 3.85. The van der Waals surface area contributed by atoms with E-state index in [9.17, 15) is 9.59 Å². The molecule has 0 spiro atoms. The summed E-state index contributed by atoms with van der Waals surface area (Å²) >= 11 is 1.43. The van der Waals surface area contributed by atoms with Crippen molar-refractivity contribution in [3.63, 3.8) is 0 Å². The number of carbonyl (C=O) groups excluding carboxylic acids is 2. The highest BCUT2D eigenvalue weighted by atomic mass is 32.2. The molecule has 1 aromatic heterocycles. The summed E-state index contributed by atoms with van der Waals surface area (Å²) in [5.41, 5.74) is 3.32. The molecule has 2 N–H and O–H groups in total. The van der Waals surface area contributed by atoms with Gasteiger partial charge in [-0.25, -0.2) is 9.78 Å². The SMILES string of the molecule is Cc1cc(Oc2ccccc2)ccc1N1C(=O)NC2c3c1ccnc3S[C@@H]2C(=O)NC1CCCN(C)C1. The molecule has 1 saturated heterocycles. The van der Waals surface area contributed by atoms with Crippen molar-refractivity contribution in [3.05, 3.63) is 71.9 Å². The fourth-order valence-electron chi connectivity index (χ4n) is 5.40. The summed E-state index contributed by atoms with van der Waals surface area (Å²) in [4.78, 5) is 35.3. The number of piperidine rings is 1. The summed E-state index contributed by atoms with van der Waals surface area (Å²) in [6, 6.07) is 16.6. The molecule has 0 radical (unpaired) electrons. The lowest BCUT2D eigenvalue weighted by molar-refractivity contribution is -0.122. The summed E-state index contributed by atoms with van der Waals surface area (Å²) in [7, 11) is 2.08. The molecule has 3 aliphatic rings. The maximum Gasteiger partial charge on any atom is 0.327 e. The van der Waals surface area contributed by atoms with Gasteiger partial charge in [0.15, 0.2) is 0 Å². The summed E-state index contributed by atoms with van der Waals surface area (Å²) in [5, 5.41) is 6.66. The normalized spacial score (nSPS) is 22.8. The molecule has 6 rings (SSSR count). The molecule has 0 aliphatic carbocycles. The minimum absolute atomic E-state index is 0.0494. The Hall–Kier alpha value is -3.56. The number of hydrogen-bond acceptors (Lipinski definition) is 6. The number of thioether (sulfide) groups is 1. The Labute approximate surface area is 220 Å². The average molecular weight is 516 g/mol. The fourth-order valence-corrected chi connectivity index (χ4v) is 6.63. The Kier molecular flexibility index (Phi) is 6.26. The summed E-state index contributed by atoms with van der Waals surface area (Å²) < 4.78 is 5.97. The first-order valence-corrected chi connectivity index (χ1v) is 13.4. The molecule has 190 valence electrons. The van der Waals surface area contributed by atoms with E-state index in [2.05, 4.69) is 27.6 Å². The first kappa shape index (κ1) is 23.8. The van der Waals surface area contributed by atoms with Gasteiger partial charge in [-0.05, 0) is 75.3 Å². The lowest BCUT2D eigenvalue weighted by Gasteiger charge is -2.35. The number of anilines is 2. The Balaban J connectivity index is 1.26. The quantitative estimate of drug-likeness (QED) is 0.509. The molecule has 37 heavy (non-hydrogen) atoms. The summed E-state index contributed by atoms with van der Waals surface area (Å²) in [5.74, 6) is 1.40. The number of likely N-dealkylation sites (N-methyl/N-ethyl adjacent to an activating group) is 1. The number of ether oxygens (including phenoxy) is 1. The van der Waals surface area contributed by atoms with E-state index in [4.69, 9.17) is 4.74 Å². The molecule has 4 heterocycles. The third-order valence-electron chi connectivity index (χ3n) is 7.12. The highest BCUT2D eigenvalue weighted by Gasteiger charge is 2.47. The largest absolute Gasteiger partial charge is 0.457 e. The van der Waals surface area contributed by atoms with E-state index < -0.39 is 11.3 Å². The van der Waals surface area contributed by atoms with E-state index >= 15 is 0 Å². The van der Waals surface area contributed by atoms with Crippen LogP contribution in [0.5, 0.6) is 11.5 Å². The highest BCUT2D eigenvalue weighted by molar-refractivity contribution is 8.01. The lowest BCUT2D eigenvalue weighted by Crippen LogP contribution is -2.52. The minimum atomic E-state index is -0.454. The smallest absolute Gasteiger partial charge is 0.327 e. The molecule has 9 heteroatoms. The molecule has 0 bridgehead atoms. The summed E-state index contributed by atoms with van der Waals surface area (Å²) in [6.07, 6.45) is 3.75. The molecule has 0 saturated carbocycles. The number of aryl methyl sites for hydroxylation is 1. The molecule has 3 atom stereocenters. The molecule has 3 aromatic rings. The van der Waals surface area contributed by atoms with Gasteiger partial charge in [-0.3, -0.25) is 9.69 Å². The van der Waals surface area contributed by atoms with Crippen molar-refractivity contribution in [2.24, 2.45) is 0 Å². The van der Waals surface area contributed by atoms with Crippen molar-refractivity contribution in [2.45, 2.75) is 42.1 Å². The van der Waals surface area contributed by atoms with Crippen LogP contribution >= 0.6 is 11.8 Å². The Bertz CT molecular complexity index is 1350. The van der Waals surface area contributed by atoms with Crippen molar-refractivity contribution in [2.75, 3.05) is 25.0 Å². The topological polar surface area (TPSA) is 86.8 Å². The van der Waals surface area contributed by atoms with E-state index in [0.29, 0.717) is 5.75 Å². The number of pyridine rings is 1. The molecule has 3 amide bonds. The third kappa shape index (κ3) is 4.53. The molecule has 8 nitrogen and oxygen atoms in total. The number of amides is 3. The zero-order chi connectivity index (χ0) is 25.5. The minimum Gasteiger partial charge on any atom is -0.457 e. The van der Waals surface area contributed by atoms with Crippen LogP contribution in [0.3, 0.4) is 0 Å². The molecule has 2 unspecified atom stereocenters. The van der Waals surface area contributed by atoms with E-state index in [0.717, 1.165) is 59.2 Å². The standard InChI is InChI=1S/C28H29N5O3S/c1-17-15-20(36-19-8-4-3-5-9-19)10-11-21(17)33-22-12-13-29-27-23(22)24(31-28(33)35)25(37-27)26(34)30-18-7-6-14-32(2)16-18/h3-5,8-13,15,18,24-25H,6-7,14,16H2,1-2H3,(H,30,34)(H,31,35)/t18?,24?,25-/m0/s1. The van der Waals surface area contributed by atoms with E-state index in [1.807, 2.05) is 61.5 Å². The Morgan fingerprint density at radius 1 is 1.14 bits per heavy atom. The van der Waals surface area contributed by atoms with Crippen molar-refractivity contribution in [1.29, 1.82) is 0 Å². The third-order valence-corrected chi connectivity index (χ3v) is 8.41. The number of likely N-dealkylation sites (tertiary alicyclic amines) is 1. The number of rotatable bonds is 5. The van der Waals surface area contributed by atoms with Crippen LogP contribution in [0.1, 0.15) is 30.0 Å². The monoisotopic (exact) mass is 515 g/mol. The number of nitrogens with zero attached hydrogens (tertiary/aromatic N) is 3. The molecular formula is C28H29N5O3S. The second-order valence-electron chi connectivity index (χ2n) is 9.82. The second-order valence-corrected chi connectivity index (χ2v) is 11.0. The molecule has 2 aromatic carbocycles. The second kappa shape index (κ2) is 9.72. The molecule has 3 aliphatic heterocycles. The van der Waals surface area contributed by atoms with Gasteiger partial charge in [0.2, 0.25) is 5.91 Å². The van der Waals surface area contributed by atoms with Crippen LogP contribution < -0.4 is 20.3 Å². The van der Waals surface area contributed by atoms with E-state index in [1.54, 1.807) is 11.1 Å². The number of hydrogen-bond donors (Lipinski definition) is 2. The van der Waals surface area contributed by atoms with Gasteiger partial charge in [-0.2, -0.15) is 0 Å². The number of carbonyl (C=O) groups is 2. The van der Waals surface area contributed by atoms with Crippen LogP contribution in [0, 0.1) is 6.92 Å². The Morgan fingerprint density at radius 2 is 1.97 bits per heavy atom. The highest BCUT2D eigenvalue weighted by Crippen LogP contribution is 2.51. The van der Waals surface area contributed by atoms with Gasteiger partial charge in [0.25, 0.3) is 0 Å². The molecular weight excluding hydrogens is 486 g/mol. The first-order valence-electron chi connectivity index (χ1n) is 12.6.